The lowest BCUT2D eigenvalue weighted by molar-refractivity contribution is -0.137. The number of carbonyl (C=O) groups excluding carboxylic acids is 2. The molecule has 1 aliphatic carbocycles. The van der Waals surface area contributed by atoms with E-state index in [0.29, 0.717) is 24.2 Å². The van der Waals surface area contributed by atoms with Crippen molar-refractivity contribution in [3.05, 3.63) is 77.6 Å². The van der Waals surface area contributed by atoms with Crippen LogP contribution < -0.4 is 21.7 Å². The minimum atomic E-state index is -4.74. The Labute approximate surface area is 203 Å². The number of para-hydroxylation sites is 1. The molecule has 2 amide bonds. The standard InChI is InChI=1S/C24H22F4N6O2/c1-13(32-22(36)23(7-8-23)34-21(35)14-9-15(29)11-30-10-14)19-6-5-16(12-31-19)33-20-17(24(26,27)28)3-2-4-18(20)25/h2-6,9-13,33H,7-8,29H2,1H3,(H,32,36)(H,34,35). The Hall–Kier alpha value is -4.22. The van der Waals surface area contributed by atoms with E-state index in [-0.39, 0.29) is 11.3 Å². The van der Waals surface area contributed by atoms with Crippen LogP contribution in [0.3, 0.4) is 0 Å². The number of hydrogen-bond acceptors (Lipinski definition) is 6. The molecule has 12 heteroatoms. The zero-order valence-corrected chi connectivity index (χ0v) is 19.0. The Balaban J connectivity index is 1.41. The summed E-state index contributed by atoms with van der Waals surface area (Å²) in [5, 5.41) is 7.93. The van der Waals surface area contributed by atoms with Crippen molar-refractivity contribution in [1.82, 2.24) is 20.6 Å². The number of anilines is 3. The first-order valence-electron chi connectivity index (χ1n) is 10.9. The SMILES string of the molecule is CC(NC(=O)C1(NC(=O)c2cncc(N)c2)CC1)c1ccc(Nc2c(F)cccc2C(F)(F)F)cn1. The van der Waals surface area contributed by atoms with Crippen LogP contribution in [-0.2, 0) is 11.0 Å². The number of amides is 2. The molecule has 1 atom stereocenters. The normalized spacial score (nSPS) is 15.0. The summed E-state index contributed by atoms with van der Waals surface area (Å²) in [4.78, 5) is 33.4. The molecule has 1 aliphatic rings. The minimum absolute atomic E-state index is 0.134. The molecule has 1 saturated carbocycles. The number of nitrogen functional groups attached to an aromatic ring is 1. The molecule has 3 aromatic rings. The summed E-state index contributed by atoms with van der Waals surface area (Å²) in [6.45, 7) is 1.67. The zero-order valence-electron chi connectivity index (χ0n) is 19.0. The van der Waals surface area contributed by atoms with Crippen LogP contribution in [0.15, 0.2) is 55.0 Å². The molecule has 2 heterocycles. The van der Waals surface area contributed by atoms with Gasteiger partial charge in [0.15, 0.2) is 0 Å². The van der Waals surface area contributed by atoms with E-state index in [1.165, 1.54) is 36.8 Å². The second-order valence-corrected chi connectivity index (χ2v) is 8.50. The fraction of sp³-hybridized carbons (Fsp3) is 0.250. The van der Waals surface area contributed by atoms with Gasteiger partial charge in [0.2, 0.25) is 5.91 Å². The summed E-state index contributed by atoms with van der Waals surface area (Å²) in [5.41, 5.74) is 3.85. The first-order chi connectivity index (χ1) is 17.0. The lowest BCUT2D eigenvalue weighted by Gasteiger charge is -2.21. The summed E-state index contributed by atoms with van der Waals surface area (Å²) >= 11 is 0. The lowest BCUT2D eigenvalue weighted by Crippen LogP contribution is -2.49. The monoisotopic (exact) mass is 502 g/mol. The maximum absolute atomic E-state index is 14.1. The summed E-state index contributed by atoms with van der Waals surface area (Å²) < 4.78 is 53.7. The molecule has 0 saturated heterocycles. The number of aromatic nitrogens is 2. The fourth-order valence-corrected chi connectivity index (χ4v) is 3.58. The van der Waals surface area contributed by atoms with Crippen molar-refractivity contribution in [2.75, 3.05) is 11.1 Å². The smallest absolute Gasteiger partial charge is 0.397 e. The number of nitrogens with one attached hydrogen (secondary N) is 3. The number of alkyl halides is 3. The van der Waals surface area contributed by atoms with Gasteiger partial charge in [-0.3, -0.25) is 19.6 Å². The second kappa shape index (κ2) is 9.44. The van der Waals surface area contributed by atoms with Crippen LogP contribution in [0.4, 0.5) is 34.6 Å². The van der Waals surface area contributed by atoms with Crippen LogP contribution >= 0.6 is 0 Å². The molecule has 5 N–H and O–H groups in total. The zero-order chi connectivity index (χ0) is 26.1. The highest BCUT2D eigenvalue weighted by Crippen LogP contribution is 2.38. The molecule has 188 valence electrons. The van der Waals surface area contributed by atoms with Crippen LogP contribution in [0, 0.1) is 5.82 Å². The topological polar surface area (TPSA) is 122 Å². The van der Waals surface area contributed by atoms with Crippen molar-refractivity contribution >= 4 is 28.9 Å². The molecule has 2 aromatic heterocycles. The molecule has 1 unspecified atom stereocenters. The van der Waals surface area contributed by atoms with E-state index in [0.717, 1.165) is 18.2 Å². The summed E-state index contributed by atoms with van der Waals surface area (Å²) in [7, 11) is 0. The average Bonchev–Trinajstić information content (AvgIpc) is 3.60. The Morgan fingerprint density at radius 3 is 2.47 bits per heavy atom. The van der Waals surface area contributed by atoms with Gasteiger partial charge in [0.1, 0.15) is 11.4 Å². The molecular weight excluding hydrogens is 480 g/mol. The predicted octanol–water partition coefficient (Wildman–Crippen LogP) is 4.10. The van der Waals surface area contributed by atoms with Gasteiger partial charge in [-0.2, -0.15) is 13.2 Å². The minimum Gasteiger partial charge on any atom is -0.397 e. The highest BCUT2D eigenvalue weighted by Gasteiger charge is 2.51. The molecule has 0 aliphatic heterocycles. The third-order valence-electron chi connectivity index (χ3n) is 5.72. The van der Waals surface area contributed by atoms with Crippen molar-refractivity contribution in [2.24, 2.45) is 0 Å². The van der Waals surface area contributed by atoms with Gasteiger partial charge in [-0.15, -0.1) is 0 Å². The third-order valence-corrected chi connectivity index (χ3v) is 5.72. The van der Waals surface area contributed by atoms with Gasteiger partial charge in [-0.25, -0.2) is 4.39 Å². The summed E-state index contributed by atoms with van der Waals surface area (Å²) in [6.07, 6.45) is 0.152. The second-order valence-electron chi connectivity index (χ2n) is 8.50. The molecule has 8 nitrogen and oxygen atoms in total. The maximum Gasteiger partial charge on any atom is 0.418 e. The largest absolute Gasteiger partial charge is 0.418 e. The highest BCUT2D eigenvalue weighted by molar-refractivity contribution is 6.01. The van der Waals surface area contributed by atoms with Gasteiger partial charge < -0.3 is 21.7 Å². The van der Waals surface area contributed by atoms with Gasteiger partial charge in [-0.1, -0.05) is 6.07 Å². The number of nitrogens with two attached hydrogens (primary N) is 1. The Morgan fingerprint density at radius 1 is 1.11 bits per heavy atom. The van der Waals surface area contributed by atoms with Crippen LogP contribution in [0.5, 0.6) is 0 Å². The van der Waals surface area contributed by atoms with Gasteiger partial charge >= 0.3 is 6.18 Å². The van der Waals surface area contributed by atoms with E-state index in [1.54, 1.807) is 6.92 Å². The quantitative estimate of drug-likeness (QED) is 0.361. The average molecular weight is 502 g/mol. The number of rotatable bonds is 7. The fourth-order valence-electron chi connectivity index (χ4n) is 3.58. The van der Waals surface area contributed by atoms with E-state index < -0.39 is 46.6 Å². The first-order valence-corrected chi connectivity index (χ1v) is 10.9. The van der Waals surface area contributed by atoms with Crippen molar-refractivity contribution < 1.29 is 27.2 Å². The number of hydrogen-bond donors (Lipinski definition) is 4. The molecule has 0 bridgehead atoms. The van der Waals surface area contributed by atoms with Crippen LogP contribution in [0.2, 0.25) is 0 Å². The molecule has 1 aromatic carbocycles. The molecule has 4 rings (SSSR count). The lowest BCUT2D eigenvalue weighted by atomic mass is 10.1. The van der Waals surface area contributed by atoms with Crippen LogP contribution in [0.25, 0.3) is 0 Å². The number of nitrogens with zero attached hydrogens (tertiary/aromatic N) is 2. The van der Waals surface area contributed by atoms with Crippen molar-refractivity contribution in [3.8, 4) is 0 Å². The third kappa shape index (κ3) is 5.37. The van der Waals surface area contributed by atoms with Crippen molar-refractivity contribution in [2.45, 2.75) is 37.5 Å². The van der Waals surface area contributed by atoms with Crippen LogP contribution in [0.1, 0.15) is 47.4 Å². The van der Waals surface area contributed by atoms with Gasteiger partial charge in [0, 0.05) is 12.4 Å². The van der Waals surface area contributed by atoms with Crippen LogP contribution in [-0.4, -0.2) is 27.3 Å². The Morgan fingerprint density at radius 2 is 1.86 bits per heavy atom. The van der Waals surface area contributed by atoms with E-state index in [2.05, 4.69) is 25.9 Å². The highest BCUT2D eigenvalue weighted by atomic mass is 19.4. The number of carbonyl (C=O) groups is 2. The summed E-state index contributed by atoms with van der Waals surface area (Å²) in [5.74, 6) is -1.93. The van der Waals surface area contributed by atoms with E-state index in [1.807, 2.05) is 0 Å². The van der Waals surface area contributed by atoms with Crippen molar-refractivity contribution in [3.63, 3.8) is 0 Å². The number of pyridine rings is 2. The summed E-state index contributed by atoms with van der Waals surface area (Å²) in [6, 6.07) is 6.49. The molecule has 1 fully saturated rings. The Bertz CT molecular complexity index is 1290. The molecular formula is C24H22F4N6O2. The van der Waals surface area contributed by atoms with Crippen molar-refractivity contribution in [1.29, 1.82) is 0 Å². The molecule has 36 heavy (non-hydrogen) atoms. The van der Waals surface area contributed by atoms with Gasteiger partial charge in [0.25, 0.3) is 5.91 Å². The van der Waals surface area contributed by atoms with Gasteiger partial charge in [-0.05, 0) is 50.1 Å². The van der Waals surface area contributed by atoms with E-state index in [4.69, 9.17) is 5.73 Å². The maximum atomic E-state index is 14.1. The predicted molar refractivity (Wildman–Crippen MR) is 124 cm³/mol. The van der Waals surface area contributed by atoms with E-state index >= 15 is 0 Å². The first kappa shape index (κ1) is 24.9. The van der Waals surface area contributed by atoms with Gasteiger partial charge in [0.05, 0.1) is 46.1 Å². The Kier molecular flexibility index (Phi) is 6.53. The molecule has 0 radical (unpaired) electrons. The number of halogens is 4. The number of benzene rings is 1. The van der Waals surface area contributed by atoms with E-state index in [9.17, 15) is 27.2 Å². The molecule has 0 spiro atoms.